The highest BCUT2D eigenvalue weighted by Crippen LogP contribution is 2.18. The number of hydrogen-bond donors (Lipinski definition) is 2. The van der Waals surface area contributed by atoms with Gasteiger partial charge in [0, 0.05) is 6.61 Å². The number of nitrogens with one attached hydrogen (secondary N) is 1. The van der Waals surface area contributed by atoms with Gasteiger partial charge in [0.15, 0.2) is 0 Å². The van der Waals surface area contributed by atoms with Crippen LogP contribution in [0.1, 0.15) is 22.3 Å². The van der Waals surface area contributed by atoms with Crippen LogP contribution >= 0.6 is 0 Å². The van der Waals surface area contributed by atoms with Gasteiger partial charge in [-0.25, -0.2) is 0 Å². The Kier molecular flexibility index (Phi) is 3.10. The van der Waals surface area contributed by atoms with Crippen LogP contribution < -0.4 is 5.32 Å². The molecule has 1 atom stereocenters. The third-order valence-electron chi connectivity index (χ3n) is 2.66. The molecule has 16 heavy (non-hydrogen) atoms. The minimum Gasteiger partial charge on any atom is -0.507 e. The fourth-order valence-corrected chi connectivity index (χ4v) is 1.74. The fraction of sp³-hybridized carbons (Fsp3) is 0.417. The average Bonchev–Trinajstić information content (AvgIpc) is 2.74. The van der Waals surface area contributed by atoms with Gasteiger partial charge in [-0.05, 0) is 25.5 Å². The molecule has 1 aromatic rings. The molecular weight excluding hydrogens is 206 g/mol. The summed E-state index contributed by atoms with van der Waals surface area (Å²) >= 11 is 0. The van der Waals surface area contributed by atoms with Gasteiger partial charge in [-0.3, -0.25) is 4.79 Å². The zero-order valence-corrected chi connectivity index (χ0v) is 9.19. The van der Waals surface area contributed by atoms with Crippen LogP contribution in [0.15, 0.2) is 18.2 Å². The summed E-state index contributed by atoms with van der Waals surface area (Å²) in [5, 5.41) is 12.4. The number of aromatic hydroxyl groups is 1. The number of ether oxygens (including phenoxy) is 1. The Labute approximate surface area is 94.2 Å². The number of rotatable bonds is 2. The zero-order chi connectivity index (χ0) is 11.5. The molecule has 0 radical (unpaired) electrons. The largest absolute Gasteiger partial charge is 0.507 e. The third kappa shape index (κ3) is 2.33. The molecule has 1 unspecified atom stereocenters. The van der Waals surface area contributed by atoms with Gasteiger partial charge in [0.2, 0.25) is 0 Å². The molecule has 0 bridgehead atoms. The van der Waals surface area contributed by atoms with Crippen LogP contribution in [0.4, 0.5) is 0 Å². The molecule has 4 heteroatoms. The molecule has 1 amide bonds. The van der Waals surface area contributed by atoms with E-state index in [0.717, 1.165) is 12.0 Å². The molecule has 2 rings (SSSR count). The Morgan fingerprint density at radius 3 is 3.06 bits per heavy atom. The lowest BCUT2D eigenvalue weighted by atomic mass is 10.1. The second kappa shape index (κ2) is 4.53. The van der Waals surface area contributed by atoms with Crippen molar-refractivity contribution in [1.29, 1.82) is 0 Å². The number of amides is 1. The van der Waals surface area contributed by atoms with E-state index in [2.05, 4.69) is 5.32 Å². The average molecular weight is 221 g/mol. The Morgan fingerprint density at radius 1 is 1.56 bits per heavy atom. The van der Waals surface area contributed by atoms with Crippen molar-refractivity contribution in [2.24, 2.45) is 0 Å². The van der Waals surface area contributed by atoms with Gasteiger partial charge in [0.05, 0.1) is 18.2 Å². The highest BCUT2D eigenvalue weighted by atomic mass is 16.5. The van der Waals surface area contributed by atoms with Gasteiger partial charge < -0.3 is 15.2 Å². The number of carbonyl (C=O) groups is 1. The summed E-state index contributed by atoms with van der Waals surface area (Å²) in [6, 6.07) is 5.05. The van der Waals surface area contributed by atoms with Crippen molar-refractivity contribution in [3.8, 4) is 5.75 Å². The number of phenolic OH excluding ortho intramolecular Hbond substituents is 1. The lowest BCUT2D eigenvalue weighted by Gasteiger charge is -2.11. The predicted molar refractivity (Wildman–Crippen MR) is 59.5 cm³/mol. The van der Waals surface area contributed by atoms with Crippen LogP contribution in [-0.4, -0.2) is 30.3 Å². The highest BCUT2D eigenvalue weighted by molar-refractivity contribution is 5.97. The molecule has 1 aliphatic rings. The third-order valence-corrected chi connectivity index (χ3v) is 2.66. The van der Waals surface area contributed by atoms with E-state index >= 15 is 0 Å². The van der Waals surface area contributed by atoms with Gasteiger partial charge in [-0.15, -0.1) is 0 Å². The summed E-state index contributed by atoms with van der Waals surface area (Å²) in [6.45, 7) is 3.12. The second-order valence-corrected chi connectivity index (χ2v) is 4.05. The van der Waals surface area contributed by atoms with E-state index in [4.69, 9.17) is 4.74 Å². The minimum absolute atomic E-state index is 0.0158. The first-order chi connectivity index (χ1) is 7.66. The lowest BCUT2D eigenvalue weighted by Crippen LogP contribution is -2.35. The van der Waals surface area contributed by atoms with Crippen molar-refractivity contribution in [2.75, 3.05) is 13.2 Å². The van der Waals surface area contributed by atoms with E-state index in [1.807, 2.05) is 6.92 Å². The molecule has 2 N–H and O–H groups in total. The Balaban J connectivity index is 2.10. The van der Waals surface area contributed by atoms with Crippen LogP contribution in [0.25, 0.3) is 0 Å². The summed E-state index contributed by atoms with van der Waals surface area (Å²) in [7, 11) is 0. The smallest absolute Gasteiger partial charge is 0.255 e. The SMILES string of the molecule is Cc1ccc(O)c(C(=O)NC2CCOC2)c1. The first kappa shape index (κ1) is 11.0. The van der Waals surface area contributed by atoms with Gasteiger partial charge in [0.25, 0.3) is 5.91 Å². The number of hydrogen-bond acceptors (Lipinski definition) is 3. The summed E-state index contributed by atoms with van der Waals surface area (Å²) in [6.07, 6.45) is 0.832. The Morgan fingerprint density at radius 2 is 2.38 bits per heavy atom. The topological polar surface area (TPSA) is 58.6 Å². The van der Waals surface area contributed by atoms with E-state index in [-0.39, 0.29) is 17.7 Å². The van der Waals surface area contributed by atoms with Gasteiger partial charge in [0.1, 0.15) is 5.75 Å². The molecule has 4 nitrogen and oxygen atoms in total. The van der Waals surface area contributed by atoms with E-state index in [1.54, 1.807) is 12.1 Å². The molecule has 1 aromatic carbocycles. The first-order valence-electron chi connectivity index (χ1n) is 5.35. The standard InChI is InChI=1S/C12H15NO3/c1-8-2-3-11(14)10(6-8)12(15)13-9-4-5-16-7-9/h2-3,6,9,14H,4-5,7H2,1H3,(H,13,15). The molecule has 1 heterocycles. The maximum atomic E-state index is 11.8. The van der Waals surface area contributed by atoms with Crippen LogP contribution in [0.2, 0.25) is 0 Å². The highest BCUT2D eigenvalue weighted by Gasteiger charge is 2.20. The van der Waals surface area contributed by atoms with Gasteiger partial charge in [-0.1, -0.05) is 11.6 Å². The Bertz CT molecular complexity index is 397. The second-order valence-electron chi connectivity index (χ2n) is 4.05. The fourth-order valence-electron chi connectivity index (χ4n) is 1.74. The maximum Gasteiger partial charge on any atom is 0.255 e. The van der Waals surface area contributed by atoms with Crippen molar-refractivity contribution < 1.29 is 14.6 Å². The number of phenols is 1. The molecule has 1 aliphatic heterocycles. The molecule has 0 spiro atoms. The molecular formula is C12H15NO3. The minimum atomic E-state index is -0.239. The van der Waals surface area contributed by atoms with Crippen LogP contribution in [0.3, 0.4) is 0 Å². The van der Waals surface area contributed by atoms with Gasteiger partial charge in [-0.2, -0.15) is 0 Å². The predicted octanol–water partition coefficient (Wildman–Crippen LogP) is 1.22. The van der Waals surface area contributed by atoms with Crippen molar-refractivity contribution in [3.63, 3.8) is 0 Å². The molecule has 1 saturated heterocycles. The number of benzene rings is 1. The van der Waals surface area contributed by atoms with Crippen molar-refractivity contribution in [2.45, 2.75) is 19.4 Å². The van der Waals surface area contributed by atoms with Crippen molar-refractivity contribution >= 4 is 5.91 Å². The van der Waals surface area contributed by atoms with Crippen molar-refractivity contribution in [1.82, 2.24) is 5.32 Å². The molecule has 0 aromatic heterocycles. The zero-order valence-electron chi connectivity index (χ0n) is 9.19. The number of carbonyl (C=O) groups excluding carboxylic acids is 1. The van der Waals surface area contributed by atoms with E-state index in [0.29, 0.717) is 18.8 Å². The molecule has 0 saturated carbocycles. The molecule has 0 aliphatic carbocycles. The Hall–Kier alpha value is -1.55. The van der Waals surface area contributed by atoms with E-state index in [1.165, 1.54) is 6.07 Å². The monoisotopic (exact) mass is 221 g/mol. The van der Waals surface area contributed by atoms with Gasteiger partial charge >= 0.3 is 0 Å². The summed E-state index contributed by atoms with van der Waals surface area (Å²) < 4.78 is 5.17. The maximum absolute atomic E-state index is 11.8. The van der Waals surface area contributed by atoms with Crippen LogP contribution in [0.5, 0.6) is 5.75 Å². The summed E-state index contributed by atoms with van der Waals surface area (Å²) in [5.74, 6) is -0.223. The summed E-state index contributed by atoms with van der Waals surface area (Å²) in [5.41, 5.74) is 1.28. The van der Waals surface area contributed by atoms with Crippen LogP contribution in [0, 0.1) is 6.92 Å². The first-order valence-corrected chi connectivity index (χ1v) is 5.35. The lowest BCUT2D eigenvalue weighted by molar-refractivity contribution is 0.0927. The quantitative estimate of drug-likeness (QED) is 0.789. The van der Waals surface area contributed by atoms with Crippen LogP contribution in [-0.2, 0) is 4.74 Å². The summed E-state index contributed by atoms with van der Waals surface area (Å²) in [4.78, 5) is 11.8. The van der Waals surface area contributed by atoms with E-state index in [9.17, 15) is 9.90 Å². The van der Waals surface area contributed by atoms with E-state index < -0.39 is 0 Å². The molecule has 1 fully saturated rings. The van der Waals surface area contributed by atoms with Crippen molar-refractivity contribution in [3.05, 3.63) is 29.3 Å². The molecule has 86 valence electrons. The number of aryl methyl sites for hydroxylation is 1. The normalized spacial score (nSPS) is 19.7.